The Hall–Kier alpha value is -1.07. The lowest BCUT2D eigenvalue weighted by molar-refractivity contribution is 0.0971. The Bertz CT molecular complexity index is 464. The lowest BCUT2D eigenvalue weighted by Gasteiger charge is -2.01. The van der Waals surface area contributed by atoms with Crippen LogP contribution in [0.5, 0.6) is 0 Å². The van der Waals surface area contributed by atoms with Gasteiger partial charge in [-0.1, -0.05) is 12.7 Å². The maximum Gasteiger partial charge on any atom is 0.265 e. The Kier molecular flexibility index (Phi) is 4.77. The second-order valence-electron chi connectivity index (χ2n) is 2.99. The van der Waals surface area contributed by atoms with Gasteiger partial charge in [0.25, 0.3) is 5.91 Å². The molecule has 2 radical (unpaired) electrons. The number of nitrogens with one attached hydrogen (secondary N) is 1. The standard InChI is InChI=1S/C11H9BBrNOS/c1-7(12)3-4-8(2)14-11(15)9-5-6-10(13)16-9/h3-6H,1-2H2,(H,14,15)/b4-3-. The number of rotatable bonds is 4. The maximum atomic E-state index is 11.6. The SMILES string of the molecule is [B]C(=C)/C=C\C(=C)NC(=O)c1ccc(Br)s1. The molecule has 0 bridgehead atoms. The van der Waals surface area contributed by atoms with Crippen molar-refractivity contribution in [3.05, 3.63) is 57.3 Å². The zero-order valence-corrected chi connectivity index (χ0v) is 10.9. The summed E-state index contributed by atoms with van der Waals surface area (Å²) in [4.78, 5) is 12.3. The highest BCUT2D eigenvalue weighted by Crippen LogP contribution is 2.21. The molecule has 5 heteroatoms. The average molecular weight is 294 g/mol. The first-order valence-corrected chi connectivity index (χ1v) is 5.98. The smallest absolute Gasteiger partial charge is 0.265 e. The van der Waals surface area contributed by atoms with E-state index in [4.69, 9.17) is 7.85 Å². The summed E-state index contributed by atoms with van der Waals surface area (Å²) < 4.78 is 0.911. The molecule has 1 heterocycles. The van der Waals surface area contributed by atoms with Gasteiger partial charge in [-0.25, -0.2) is 0 Å². The van der Waals surface area contributed by atoms with E-state index >= 15 is 0 Å². The Morgan fingerprint density at radius 2 is 2.12 bits per heavy atom. The van der Waals surface area contributed by atoms with Crippen molar-refractivity contribution in [2.24, 2.45) is 0 Å². The monoisotopic (exact) mass is 293 g/mol. The third-order valence-electron chi connectivity index (χ3n) is 1.57. The van der Waals surface area contributed by atoms with Crippen LogP contribution in [0.2, 0.25) is 0 Å². The molecule has 0 unspecified atom stereocenters. The molecule has 1 rings (SSSR count). The Morgan fingerprint density at radius 1 is 1.44 bits per heavy atom. The average Bonchev–Trinajstić information content (AvgIpc) is 2.62. The number of halogens is 1. The van der Waals surface area contributed by atoms with Crippen LogP contribution < -0.4 is 5.32 Å². The van der Waals surface area contributed by atoms with Gasteiger partial charge in [0.2, 0.25) is 0 Å². The van der Waals surface area contributed by atoms with Crippen LogP contribution in [0.25, 0.3) is 0 Å². The number of carbonyl (C=O) groups is 1. The molecular weight excluding hydrogens is 285 g/mol. The van der Waals surface area contributed by atoms with Gasteiger partial charge in [0.15, 0.2) is 0 Å². The highest BCUT2D eigenvalue weighted by molar-refractivity contribution is 9.11. The number of thiophene rings is 1. The summed E-state index contributed by atoms with van der Waals surface area (Å²) in [5.74, 6) is -0.187. The van der Waals surface area contributed by atoms with Gasteiger partial charge < -0.3 is 5.32 Å². The van der Waals surface area contributed by atoms with Crippen LogP contribution >= 0.6 is 27.3 Å². The summed E-state index contributed by atoms with van der Waals surface area (Å²) in [5.41, 5.74) is 0.885. The molecule has 80 valence electrons. The topological polar surface area (TPSA) is 29.1 Å². The highest BCUT2D eigenvalue weighted by Gasteiger charge is 2.07. The van der Waals surface area contributed by atoms with Crippen molar-refractivity contribution >= 4 is 41.0 Å². The van der Waals surface area contributed by atoms with Crippen molar-refractivity contribution in [3.63, 3.8) is 0 Å². The van der Waals surface area contributed by atoms with E-state index in [-0.39, 0.29) is 5.91 Å². The van der Waals surface area contributed by atoms with Crippen LogP contribution in [-0.2, 0) is 0 Å². The van der Waals surface area contributed by atoms with Gasteiger partial charge in [-0.15, -0.1) is 23.4 Å². The molecule has 0 fully saturated rings. The molecule has 0 aliphatic heterocycles. The number of allylic oxidation sites excluding steroid dienone is 3. The zero-order chi connectivity index (χ0) is 12.1. The molecule has 0 saturated carbocycles. The molecule has 16 heavy (non-hydrogen) atoms. The van der Waals surface area contributed by atoms with Crippen LogP contribution in [0.15, 0.2) is 52.4 Å². The van der Waals surface area contributed by atoms with Crippen LogP contribution in [0.1, 0.15) is 9.67 Å². The summed E-state index contributed by atoms with van der Waals surface area (Å²) in [7, 11) is 5.35. The molecule has 0 spiro atoms. The molecule has 1 amide bonds. The van der Waals surface area contributed by atoms with E-state index in [0.717, 1.165) is 3.79 Å². The third kappa shape index (κ3) is 4.20. The second-order valence-corrected chi connectivity index (χ2v) is 5.45. The first-order valence-electron chi connectivity index (χ1n) is 4.37. The van der Waals surface area contributed by atoms with Crippen molar-refractivity contribution in [1.82, 2.24) is 5.32 Å². The summed E-state index contributed by atoms with van der Waals surface area (Å²) >= 11 is 4.65. The van der Waals surface area contributed by atoms with Crippen molar-refractivity contribution in [3.8, 4) is 0 Å². The molecule has 0 atom stereocenters. The van der Waals surface area contributed by atoms with E-state index in [1.807, 2.05) is 6.07 Å². The van der Waals surface area contributed by atoms with Crippen molar-refractivity contribution in [1.29, 1.82) is 0 Å². The van der Waals surface area contributed by atoms with Gasteiger partial charge in [-0.05, 0) is 34.1 Å². The highest BCUT2D eigenvalue weighted by atomic mass is 79.9. The minimum atomic E-state index is -0.187. The summed E-state index contributed by atoms with van der Waals surface area (Å²) in [6.45, 7) is 7.18. The number of hydrogen-bond acceptors (Lipinski definition) is 2. The van der Waals surface area contributed by atoms with Gasteiger partial charge in [-0.2, -0.15) is 0 Å². The summed E-state index contributed by atoms with van der Waals surface area (Å²) in [5, 5.41) is 2.64. The molecule has 2 nitrogen and oxygen atoms in total. The van der Waals surface area contributed by atoms with Crippen LogP contribution in [0.3, 0.4) is 0 Å². The summed E-state index contributed by atoms with van der Waals surface area (Å²) in [6, 6.07) is 3.56. The van der Waals surface area contributed by atoms with E-state index in [1.165, 1.54) is 11.3 Å². The van der Waals surface area contributed by atoms with Crippen LogP contribution in [-0.4, -0.2) is 13.8 Å². The van der Waals surface area contributed by atoms with E-state index in [0.29, 0.717) is 16.0 Å². The van der Waals surface area contributed by atoms with Gasteiger partial charge in [0.1, 0.15) is 7.85 Å². The predicted octanol–water partition coefficient (Wildman–Crippen LogP) is 2.99. The lowest BCUT2D eigenvalue weighted by atomic mass is 9.97. The molecule has 0 aliphatic carbocycles. The fraction of sp³-hybridized carbons (Fsp3) is 0. The van der Waals surface area contributed by atoms with Crippen LogP contribution in [0, 0.1) is 0 Å². The van der Waals surface area contributed by atoms with Crippen molar-refractivity contribution in [2.75, 3.05) is 0 Å². The maximum absolute atomic E-state index is 11.6. The Balaban J connectivity index is 2.58. The Morgan fingerprint density at radius 3 is 2.62 bits per heavy atom. The minimum absolute atomic E-state index is 0.187. The largest absolute Gasteiger partial charge is 0.322 e. The van der Waals surface area contributed by atoms with Crippen molar-refractivity contribution in [2.45, 2.75) is 0 Å². The molecule has 0 aromatic carbocycles. The van der Waals surface area contributed by atoms with Gasteiger partial charge in [0.05, 0.1) is 8.66 Å². The second kappa shape index (κ2) is 5.87. The van der Waals surface area contributed by atoms with Crippen LogP contribution in [0.4, 0.5) is 0 Å². The molecular formula is C11H9BBrNOS. The normalized spacial score (nSPS) is 10.3. The van der Waals surface area contributed by atoms with E-state index in [2.05, 4.69) is 34.4 Å². The number of hydrogen-bond donors (Lipinski definition) is 1. The molecule has 0 saturated heterocycles. The quantitative estimate of drug-likeness (QED) is 0.671. The van der Waals surface area contributed by atoms with E-state index in [1.54, 1.807) is 18.2 Å². The first kappa shape index (κ1) is 13.0. The number of amides is 1. The Labute approximate surface area is 108 Å². The van der Waals surface area contributed by atoms with E-state index in [9.17, 15) is 4.79 Å². The molecule has 1 N–H and O–H groups in total. The van der Waals surface area contributed by atoms with Gasteiger partial charge >= 0.3 is 0 Å². The molecule has 1 aromatic rings. The fourth-order valence-electron chi connectivity index (χ4n) is 0.893. The summed E-state index contributed by atoms with van der Waals surface area (Å²) in [6.07, 6.45) is 3.18. The first-order chi connectivity index (χ1) is 7.49. The third-order valence-corrected chi connectivity index (χ3v) is 3.19. The molecule has 1 aromatic heterocycles. The van der Waals surface area contributed by atoms with E-state index < -0.39 is 0 Å². The van der Waals surface area contributed by atoms with Gasteiger partial charge in [0, 0.05) is 5.70 Å². The number of carbonyl (C=O) groups excluding carboxylic acids is 1. The predicted molar refractivity (Wildman–Crippen MR) is 72.7 cm³/mol. The van der Waals surface area contributed by atoms with Crippen molar-refractivity contribution < 1.29 is 4.79 Å². The lowest BCUT2D eigenvalue weighted by Crippen LogP contribution is -2.20. The minimum Gasteiger partial charge on any atom is -0.322 e. The zero-order valence-electron chi connectivity index (χ0n) is 8.50. The molecule has 0 aliphatic rings. The van der Waals surface area contributed by atoms with Gasteiger partial charge in [-0.3, -0.25) is 4.79 Å². The fourth-order valence-corrected chi connectivity index (χ4v) is 2.17.